The first-order valence-electron chi connectivity index (χ1n) is 13.0. The molecule has 6 N–H and O–H groups in total. The number of unbranched alkanes of at least 4 members (excludes halogenated alkanes) is 3. The topological polar surface area (TPSA) is 96.9 Å². The lowest BCUT2D eigenvalue weighted by Gasteiger charge is -2.26. The quantitative estimate of drug-likeness (QED) is 0.361. The van der Waals surface area contributed by atoms with Crippen LogP contribution < -0.4 is 16.8 Å². The standard InChI is InChI=1S/C29H50N4O/c1-27(2,3)19-16-20-21(18-23(31)26(34)32-15-13-11-10-12-14-30)25(29(7,8)9)33-24(20)22(17-19)28(4,5)6/h16-17,23,33H,10-15,18,30-31H2,1-9H3,(H,32,34)/t23-/m0/s1. The van der Waals surface area contributed by atoms with Crippen LogP contribution in [0.1, 0.15) is 110 Å². The minimum absolute atomic E-state index is 0.0137. The molecule has 0 aliphatic heterocycles. The molecule has 1 aromatic heterocycles. The number of nitrogens with two attached hydrogens (primary N) is 2. The van der Waals surface area contributed by atoms with Crippen LogP contribution in [-0.2, 0) is 27.5 Å². The van der Waals surface area contributed by atoms with Crippen LogP contribution in [0.25, 0.3) is 10.9 Å². The first-order chi connectivity index (χ1) is 15.6. The lowest BCUT2D eigenvalue weighted by Crippen LogP contribution is -2.42. The molecular weight excluding hydrogens is 420 g/mol. The Labute approximate surface area is 207 Å². The second-order valence-electron chi connectivity index (χ2n) is 13.0. The fourth-order valence-corrected chi connectivity index (χ4v) is 4.50. The number of hydrogen-bond donors (Lipinski definition) is 4. The van der Waals surface area contributed by atoms with E-state index in [0.717, 1.165) is 32.2 Å². The summed E-state index contributed by atoms with van der Waals surface area (Å²) >= 11 is 0. The molecular formula is C29H50N4O. The molecule has 34 heavy (non-hydrogen) atoms. The molecule has 0 aliphatic carbocycles. The third-order valence-corrected chi connectivity index (χ3v) is 6.63. The molecule has 0 saturated heterocycles. The molecule has 2 rings (SSSR count). The summed E-state index contributed by atoms with van der Waals surface area (Å²) in [5.74, 6) is -0.0731. The molecule has 0 unspecified atom stereocenters. The van der Waals surface area contributed by atoms with Crippen molar-refractivity contribution in [3.63, 3.8) is 0 Å². The third kappa shape index (κ3) is 7.08. The van der Waals surface area contributed by atoms with Gasteiger partial charge in [0, 0.05) is 28.6 Å². The van der Waals surface area contributed by atoms with Crippen molar-refractivity contribution in [1.29, 1.82) is 0 Å². The maximum atomic E-state index is 12.8. The van der Waals surface area contributed by atoms with Gasteiger partial charge in [0.1, 0.15) is 0 Å². The summed E-state index contributed by atoms with van der Waals surface area (Å²) < 4.78 is 0. The number of hydrogen-bond acceptors (Lipinski definition) is 3. The second-order valence-corrected chi connectivity index (χ2v) is 13.0. The van der Waals surface area contributed by atoms with Crippen LogP contribution >= 0.6 is 0 Å². The predicted octanol–water partition coefficient (Wildman–Crippen LogP) is 5.57. The monoisotopic (exact) mass is 470 g/mol. The number of fused-ring (bicyclic) bond motifs is 1. The molecule has 5 nitrogen and oxygen atoms in total. The molecule has 0 saturated carbocycles. The molecule has 0 bridgehead atoms. The maximum absolute atomic E-state index is 12.8. The Kier molecular flexibility index (Phi) is 9.04. The van der Waals surface area contributed by atoms with Crippen molar-refractivity contribution in [2.24, 2.45) is 11.5 Å². The van der Waals surface area contributed by atoms with E-state index in [1.165, 1.54) is 33.3 Å². The Hall–Kier alpha value is -1.85. The number of amides is 1. The molecule has 1 atom stereocenters. The first kappa shape index (κ1) is 28.4. The van der Waals surface area contributed by atoms with E-state index in [9.17, 15) is 4.79 Å². The highest BCUT2D eigenvalue weighted by atomic mass is 16.2. The molecule has 0 fully saturated rings. The highest BCUT2D eigenvalue weighted by Gasteiger charge is 2.30. The lowest BCUT2D eigenvalue weighted by atomic mass is 9.79. The summed E-state index contributed by atoms with van der Waals surface area (Å²) in [6.07, 6.45) is 4.70. The van der Waals surface area contributed by atoms with Crippen LogP contribution in [0.4, 0.5) is 0 Å². The van der Waals surface area contributed by atoms with Gasteiger partial charge in [-0.3, -0.25) is 4.79 Å². The van der Waals surface area contributed by atoms with Crippen molar-refractivity contribution >= 4 is 16.8 Å². The van der Waals surface area contributed by atoms with E-state index in [1.807, 2.05) is 0 Å². The average molecular weight is 471 g/mol. The van der Waals surface area contributed by atoms with Gasteiger partial charge in [-0.25, -0.2) is 0 Å². The number of aromatic amines is 1. The smallest absolute Gasteiger partial charge is 0.237 e. The van der Waals surface area contributed by atoms with E-state index < -0.39 is 6.04 Å². The van der Waals surface area contributed by atoms with Gasteiger partial charge in [-0.15, -0.1) is 0 Å². The number of benzene rings is 1. The Morgan fingerprint density at radius 3 is 2.06 bits per heavy atom. The van der Waals surface area contributed by atoms with Crippen molar-refractivity contribution in [3.8, 4) is 0 Å². The summed E-state index contributed by atoms with van der Waals surface area (Å²) in [5.41, 5.74) is 18.1. The molecule has 0 aliphatic rings. The Morgan fingerprint density at radius 2 is 1.53 bits per heavy atom. The number of rotatable bonds is 9. The molecule has 1 aromatic carbocycles. The Morgan fingerprint density at radius 1 is 0.912 bits per heavy atom. The molecule has 0 spiro atoms. The van der Waals surface area contributed by atoms with Gasteiger partial charge in [0.15, 0.2) is 0 Å². The highest BCUT2D eigenvalue weighted by molar-refractivity contribution is 5.91. The zero-order chi connectivity index (χ0) is 25.9. The largest absolute Gasteiger partial charge is 0.357 e. The van der Waals surface area contributed by atoms with Gasteiger partial charge < -0.3 is 21.8 Å². The van der Waals surface area contributed by atoms with E-state index >= 15 is 0 Å². The summed E-state index contributed by atoms with van der Waals surface area (Å²) in [6, 6.07) is 4.08. The van der Waals surface area contributed by atoms with E-state index in [-0.39, 0.29) is 22.2 Å². The molecule has 5 heteroatoms. The number of carbonyl (C=O) groups is 1. The van der Waals surface area contributed by atoms with Gasteiger partial charge in [-0.05, 0) is 59.4 Å². The summed E-state index contributed by atoms with van der Waals surface area (Å²) in [7, 11) is 0. The fraction of sp³-hybridized carbons (Fsp3) is 0.690. The van der Waals surface area contributed by atoms with Crippen LogP contribution in [0, 0.1) is 0 Å². The van der Waals surface area contributed by atoms with Crippen molar-refractivity contribution in [3.05, 3.63) is 34.5 Å². The molecule has 0 radical (unpaired) electrons. The highest BCUT2D eigenvalue weighted by Crippen LogP contribution is 2.40. The van der Waals surface area contributed by atoms with Gasteiger partial charge in [0.05, 0.1) is 6.04 Å². The summed E-state index contributed by atoms with van der Waals surface area (Å²) in [4.78, 5) is 16.6. The lowest BCUT2D eigenvalue weighted by molar-refractivity contribution is -0.122. The van der Waals surface area contributed by atoms with Crippen molar-refractivity contribution in [2.75, 3.05) is 13.1 Å². The molecule has 192 valence electrons. The van der Waals surface area contributed by atoms with Crippen LogP contribution in [0.3, 0.4) is 0 Å². The van der Waals surface area contributed by atoms with Gasteiger partial charge in [-0.2, -0.15) is 0 Å². The SMILES string of the molecule is CC(C)(C)c1cc(C(C)(C)C)c2[nH]c(C(C)(C)C)c(C[C@H](N)C(=O)NCCCCCCN)c2c1. The average Bonchev–Trinajstić information content (AvgIpc) is 3.07. The Balaban J connectivity index is 2.45. The maximum Gasteiger partial charge on any atom is 0.237 e. The van der Waals surface area contributed by atoms with Crippen molar-refractivity contribution in [2.45, 2.75) is 117 Å². The predicted molar refractivity (Wildman–Crippen MR) is 147 cm³/mol. The summed E-state index contributed by atoms with van der Waals surface area (Å²) in [6.45, 7) is 21.6. The normalized spacial score (nSPS) is 14.0. The van der Waals surface area contributed by atoms with Gasteiger partial charge in [0.25, 0.3) is 0 Å². The second kappa shape index (κ2) is 10.8. The van der Waals surface area contributed by atoms with Gasteiger partial charge >= 0.3 is 0 Å². The van der Waals surface area contributed by atoms with Crippen LogP contribution in [0.5, 0.6) is 0 Å². The zero-order valence-electron chi connectivity index (χ0n) is 23.2. The van der Waals surface area contributed by atoms with E-state index in [0.29, 0.717) is 13.0 Å². The van der Waals surface area contributed by atoms with Crippen molar-refractivity contribution < 1.29 is 4.79 Å². The minimum atomic E-state index is -0.583. The van der Waals surface area contributed by atoms with E-state index in [1.54, 1.807) is 0 Å². The van der Waals surface area contributed by atoms with Gasteiger partial charge in [0.2, 0.25) is 5.91 Å². The Bertz CT molecular complexity index is 967. The first-order valence-corrected chi connectivity index (χ1v) is 13.0. The number of H-pyrrole nitrogens is 1. The number of nitrogens with one attached hydrogen (secondary N) is 2. The minimum Gasteiger partial charge on any atom is -0.357 e. The van der Waals surface area contributed by atoms with Crippen molar-refractivity contribution in [1.82, 2.24) is 10.3 Å². The molecule has 2 aromatic rings. The summed E-state index contributed by atoms with van der Waals surface area (Å²) in [5, 5.41) is 4.25. The van der Waals surface area contributed by atoms with Crippen LogP contribution in [-0.4, -0.2) is 30.0 Å². The van der Waals surface area contributed by atoms with Crippen LogP contribution in [0.15, 0.2) is 12.1 Å². The number of aromatic nitrogens is 1. The molecule has 1 amide bonds. The van der Waals surface area contributed by atoms with E-state index in [4.69, 9.17) is 11.5 Å². The number of carbonyl (C=O) groups excluding carboxylic acids is 1. The van der Waals surface area contributed by atoms with E-state index in [2.05, 4.69) is 84.7 Å². The van der Waals surface area contributed by atoms with Crippen LogP contribution in [0.2, 0.25) is 0 Å². The molecule has 1 heterocycles. The fourth-order valence-electron chi connectivity index (χ4n) is 4.50. The third-order valence-electron chi connectivity index (χ3n) is 6.63. The zero-order valence-corrected chi connectivity index (χ0v) is 23.2. The van der Waals surface area contributed by atoms with Gasteiger partial charge in [-0.1, -0.05) is 81.2 Å².